The summed E-state index contributed by atoms with van der Waals surface area (Å²) in [6.07, 6.45) is 77.7. The second-order valence-corrected chi connectivity index (χ2v) is 23.2. The number of rotatable bonds is 56. The smallest absolute Gasteiger partial charge is 0.462 e. The predicted molar refractivity (Wildman–Crippen MR) is 325 cm³/mol. The zero-order valence-corrected chi connectivity index (χ0v) is 50.6. The van der Waals surface area contributed by atoms with Gasteiger partial charge in [0.1, 0.15) is 19.8 Å². The zero-order chi connectivity index (χ0) is 55.6. The van der Waals surface area contributed by atoms with Crippen LogP contribution >= 0.6 is 7.82 Å². The highest BCUT2D eigenvalue weighted by Gasteiger charge is 2.27. The van der Waals surface area contributed by atoms with Gasteiger partial charge in [-0.2, -0.15) is 0 Å². The minimum absolute atomic E-state index is 0.0259. The van der Waals surface area contributed by atoms with E-state index in [9.17, 15) is 19.0 Å². The Morgan fingerprint density at radius 2 is 0.750 bits per heavy atom. The number of likely N-dealkylation sites (N-methyl/N-ethyl adjacent to an activating group) is 1. The van der Waals surface area contributed by atoms with Gasteiger partial charge in [0.2, 0.25) is 0 Å². The Labute approximate surface area is 468 Å². The van der Waals surface area contributed by atoms with Crippen molar-refractivity contribution in [3.63, 3.8) is 0 Å². The Balaban J connectivity index is 4.13. The number of carbonyl (C=O) groups excluding carboxylic acids is 2. The highest BCUT2D eigenvalue weighted by molar-refractivity contribution is 7.47. The zero-order valence-electron chi connectivity index (χ0n) is 49.7. The number of quaternary nitrogens is 1. The second-order valence-electron chi connectivity index (χ2n) is 21.7. The van der Waals surface area contributed by atoms with E-state index in [1.165, 1.54) is 128 Å². The van der Waals surface area contributed by atoms with Gasteiger partial charge in [-0.15, -0.1) is 0 Å². The number of unbranched alkanes of at least 4 members (excludes halogenated alkanes) is 26. The summed E-state index contributed by atoms with van der Waals surface area (Å²) in [5, 5.41) is 0. The summed E-state index contributed by atoms with van der Waals surface area (Å²) >= 11 is 0. The minimum Gasteiger partial charge on any atom is -0.462 e. The fraction of sp³-hybridized carbons (Fsp3) is 0.727. The fourth-order valence-electron chi connectivity index (χ4n) is 8.34. The number of ether oxygens (including phenoxy) is 2. The average Bonchev–Trinajstić information content (AvgIpc) is 3.38. The molecule has 0 saturated heterocycles. The van der Waals surface area contributed by atoms with E-state index in [4.69, 9.17) is 18.5 Å². The number of nitrogens with zero attached hydrogens (tertiary/aromatic N) is 1. The topological polar surface area (TPSA) is 108 Å². The van der Waals surface area contributed by atoms with E-state index < -0.39 is 26.5 Å². The van der Waals surface area contributed by atoms with E-state index in [2.05, 4.69) is 111 Å². The van der Waals surface area contributed by atoms with Gasteiger partial charge in [0.05, 0.1) is 27.7 Å². The lowest BCUT2D eigenvalue weighted by Gasteiger charge is -2.24. The lowest BCUT2D eigenvalue weighted by molar-refractivity contribution is -0.870. The van der Waals surface area contributed by atoms with Crippen molar-refractivity contribution in [2.75, 3.05) is 47.5 Å². The second kappa shape index (κ2) is 56.6. The first-order valence-electron chi connectivity index (χ1n) is 31.0. The molecule has 0 aromatic rings. The number of hydrogen-bond acceptors (Lipinski definition) is 7. The van der Waals surface area contributed by atoms with E-state index in [0.717, 1.165) is 96.3 Å². The standard InChI is InChI=1S/C66H116NO8P/c1-6-8-10-12-14-16-18-20-22-24-26-28-29-30-31-32-33-34-35-36-37-39-41-43-45-47-49-51-53-55-57-59-66(69)75-64(63-74-76(70,71)73-61-60-67(3,4)5)62-72-65(68)58-56-54-52-50-48-46-44-42-40-38-27-25-23-21-19-17-15-13-11-9-7-2/h8,10,14,16,19-22,25-28,30-31,40,42,64H,6-7,9,11-13,15,17-18,23-24,29,32-39,41,43-63H2,1-5H3/p+1/b10-8-,16-14-,21-19-,22-20-,27-25-,28-26-,31-30-,42-40-. The van der Waals surface area contributed by atoms with Crippen LogP contribution in [0.1, 0.15) is 258 Å². The number of allylic oxidation sites excluding steroid dienone is 16. The van der Waals surface area contributed by atoms with Crippen LogP contribution in [0.4, 0.5) is 0 Å². The lowest BCUT2D eigenvalue weighted by atomic mass is 10.0. The van der Waals surface area contributed by atoms with Gasteiger partial charge in [0.25, 0.3) is 0 Å². The van der Waals surface area contributed by atoms with E-state index in [1.54, 1.807) is 0 Å². The lowest BCUT2D eigenvalue weighted by Crippen LogP contribution is -2.37. The molecule has 0 heterocycles. The van der Waals surface area contributed by atoms with Crippen LogP contribution in [0.5, 0.6) is 0 Å². The first kappa shape index (κ1) is 72.9. The summed E-state index contributed by atoms with van der Waals surface area (Å²) < 4.78 is 34.6. The molecular weight excluding hydrogens is 966 g/mol. The number of phosphoric ester groups is 1. The van der Waals surface area contributed by atoms with Crippen molar-refractivity contribution in [3.05, 3.63) is 97.2 Å². The van der Waals surface area contributed by atoms with Gasteiger partial charge in [-0.1, -0.05) is 246 Å². The molecule has 0 aromatic carbocycles. The van der Waals surface area contributed by atoms with E-state index in [0.29, 0.717) is 17.4 Å². The Hall–Kier alpha value is -3.07. The first-order valence-corrected chi connectivity index (χ1v) is 32.5. The Morgan fingerprint density at radius 1 is 0.421 bits per heavy atom. The predicted octanol–water partition coefficient (Wildman–Crippen LogP) is 19.6. The maximum absolute atomic E-state index is 12.8. The number of carbonyl (C=O) groups is 2. The van der Waals surface area contributed by atoms with Crippen LogP contribution in [0, 0.1) is 0 Å². The van der Waals surface area contributed by atoms with Crippen LogP contribution in [0.25, 0.3) is 0 Å². The van der Waals surface area contributed by atoms with Crippen LogP contribution in [0.15, 0.2) is 97.2 Å². The third-order valence-electron chi connectivity index (χ3n) is 13.1. The van der Waals surface area contributed by atoms with Crippen LogP contribution in [0.2, 0.25) is 0 Å². The highest BCUT2D eigenvalue weighted by atomic mass is 31.2. The first-order chi connectivity index (χ1) is 37.0. The quantitative estimate of drug-likeness (QED) is 0.0211. The van der Waals surface area contributed by atoms with Crippen molar-refractivity contribution in [3.8, 4) is 0 Å². The van der Waals surface area contributed by atoms with Crippen molar-refractivity contribution in [1.29, 1.82) is 0 Å². The summed E-state index contributed by atoms with van der Waals surface area (Å²) in [6.45, 7) is 4.30. The molecule has 0 aliphatic heterocycles. The molecule has 0 rings (SSSR count). The van der Waals surface area contributed by atoms with Gasteiger partial charge in [-0.05, 0) is 96.3 Å². The number of phosphoric acid groups is 1. The van der Waals surface area contributed by atoms with Gasteiger partial charge in [-0.3, -0.25) is 18.6 Å². The molecule has 0 aromatic heterocycles. The molecular formula is C66H117NO8P+. The fourth-order valence-corrected chi connectivity index (χ4v) is 9.09. The molecule has 76 heavy (non-hydrogen) atoms. The van der Waals surface area contributed by atoms with Crippen molar-refractivity contribution in [2.24, 2.45) is 0 Å². The van der Waals surface area contributed by atoms with Crippen molar-refractivity contribution >= 4 is 19.8 Å². The van der Waals surface area contributed by atoms with Gasteiger partial charge in [-0.25, -0.2) is 4.57 Å². The molecule has 0 aliphatic rings. The average molecular weight is 1080 g/mol. The Kier molecular flexibility index (Phi) is 54.4. The van der Waals surface area contributed by atoms with Gasteiger partial charge < -0.3 is 18.9 Å². The molecule has 438 valence electrons. The maximum atomic E-state index is 12.8. The Morgan fingerprint density at radius 3 is 1.12 bits per heavy atom. The summed E-state index contributed by atoms with van der Waals surface area (Å²) in [4.78, 5) is 35.8. The molecule has 2 atom stereocenters. The molecule has 2 unspecified atom stereocenters. The van der Waals surface area contributed by atoms with Crippen molar-refractivity contribution in [2.45, 2.75) is 264 Å². The summed E-state index contributed by atoms with van der Waals surface area (Å²) in [5.41, 5.74) is 0. The largest absolute Gasteiger partial charge is 0.472 e. The van der Waals surface area contributed by atoms with Crippen LogP contribution in [-0.4, -0.2) is 74.9 Å². The molecule has 0 spiro atoms. The van der Waals surface area contributed by atoms with Crippen molar-refractivity contribution < 1.29 is 42.1 Å². The maximum Gasteiger partial charge on any atom is 0.472 e. The molecule has 0 radical (unpaired) electrons. The Bertz CT molecular complexity index is 1600. The molecule has 0 aliphatic carbocycles. The molecule has 10 heteroatoms. The van der Waals surface area contributed by atoms with E-state index in [-0.39, 0.29) is 32.0 Å². The van der Waals surface area contributed by atoms with Gasteiger partial charge in [0, 0.05) is 12.8 Å². The molecule has 0 saturated carbocycles. The SMILES string of the molecule is CC/C=C\C/C=C\C/C=C\C/C=C\C/C=C\CCCCCCCCCCCCCCCCCC(=O)OC(COC(=O)CCCCCCCC/C=C\C/C=C\C/C=C\CCCCCCC)COP(=O)(O)OCC[N+](C)(C)C. The highest BCUT2D eigenvalue weighted by Crippen LogP contribution is 2.43. The number of esters is 2. The summed E-state index contributed by atoms with van der Waals surface area (Å²) in [7, 11) is 1.46. The van der Waals surface area contributed by atoms with Gasteiger partial charge >= 0.3 is 19.8 Å². The van der Waals surface area contributed by atoms with E-state index >= 15 is 0 Å². The monoisotopic (exact) mass is 1080 g/mol. The van der Waals surface area contributed by atoms with Crippen LogP contribution in [0.3, 0.4) is 0 Å². The molecule has 0 amide bonds. The molecule has 0 fully saturated rings. The normalized spacial score (nSPS) is 13.9. The number of hydrogen-bond donors (Lipinski definition) is 1. The van der Waals surface area contributed by atoms with Crippen LogP contribution in [-0.2, 0) is 32.7 Å². The van der Waals surface area contributed by atoms with Crippen molar-refractivity contribution in [1.82, 2.24) is 0 Å². The molecule has 0 bridgehead atoms. The van der Waals surface area contributed by atoms with Gasteiger partial charge in [0.15, 0.2) is 6.10 Å². The molecule has 1 N–H and O–H groups in total. The van der Waals surface area contributed by atoms with E-state index in [1.807, 2.05) is 21.1 Å². The summed E-state index contributed by atoms with van der Waals surface area (Å²) in [5.74, 6) is -0.811. The molecule has 9 nitrogen and oxygen atoms in total. The third-order valence-corrected chi connectivity index (χ3v) is 14.1. The minimum atomic E-state index is -4.40. The van der Waals surface area contributed by atoms with Crippen LogP contribution < -0.4 is 0 Å². The third kappa shape index (κ3) is 60.2. The summed E-state index contributed by atoms with van der Waals surface area (Å²) in [6, 6.07) is 0.